The summed E-state index contributed by atoms with van der Waals surface area (Å²) >= 11 is 0. The summed E-state index contributed by atoms with van der Waals surface area (Å²) in [5.74, 6) is -0.654. The highest BCUT2D eigenvalue weighted by Gasteiger charge is 2.25. The van der Waals surface area contributed by atoms with Crippen LogP contribution >= 0.6 is 0 Å². The number of ether oxygens (including phenoxy) is 1. The van der Waals surface area contributed by atoms with Gasteiger partial charge in [-0.05, 0) is 49.4 Å². The monoisotopic (exact) mass is 454 g/mol. The van der Waals surface area contributed by atoms with Crippen LogP contribution in [0.3, 0.4) is 0 Å². The average Bonchev–Trinajstić information content (AvgIpc) is 3.05. The number of methoxy groups -OCH3 is 1. The molecule has 1 unspecified atom stereocenters. The minimum atomic E-state index is -0.528. The smallest absolute Gasteiger partial charge is 0.356 e. The van der Waals surface area contributed by atoms with Crippen LogP contribution in [-0.4, -0.2) is 34.6 Å². The normalized spacial score (nSPS) is 12.1. The second-order valence-corrected chi connectivity index (χ2v) is 8.70. The lowest BCUT2D eigenvalue weighted by molar-refractivity contribution is -0.114. The molecule has 2 N–H and O–H groups in total. The van der Waals surface area contributed by atoms with Crippen molar-refractivity contribution in [2.45, 2.75) is 53.1 Å². The summed E-state index contributed by atoms with van der Waals surface area (Å²) in [6.45, 7) is 8.21. The molecule has 1 aromatic carbocycles. The van der Waals surface area contributed by atoms with E-state index in [4.69, 9.17) is 4.74 Å². The molecule has 3 rings (SSSR count). The first-order valence-corrected chi connectivity index (χ1v) is 11.1. The lowest BCUT2D eigenvalue weighted by atomic mass is 10.1. The number of fused-ring (bicyclic) bond motifs is 1. The second kappa shape index (κ2) is 10.5. The van der Waals surface area contributed by atoms with Gasteiger partial charge in [0.15, 0.2) is 5.69 Å². The Morgan fingerprint density at radius 2 is 1.88 bits per heavy atom. The molecule has 0 aliphatic rings. The fraction of sp³-hybridized carbons (Fsp3) is 0.400. The summed E-state index contributed by atoms with van der Waals surface area (Å²) in [5.41, 5.74) is 3.05. The maximum Gasteiger partial charge on any atom is 0.356 e. The van der Waals surface area contributed by atoms with Crippen LogP contribution in [0.4, 0.5) is 15.8 Å². The molecule has 0 aliphatic carbocycles. The molecular formula is C25H31FN4O3. The number of carbonyl (C=O) groups is 2. The van der Waals surface area contributed by atoms with E-state index in [0.29, 0.717) is 35.6 Å². The van der Waals surface area contributed by atoms with Crippen molar-refractivity contribution in [1.29, 1.82) is 0 Å². The first-order valence-electron chi connectivity index (χ1n) is 11.1. The largest absolute Gasteiger partial charge is 0.464 e. The molecule has 7 nitrogen and oxygen atoms in total. The van der Waals surface area contributed by atoms with Crippen LogP contribution < -0.4 is 10.6 Å². The molecule has 2 aromatic heterocycles. The van der Waals surface area contributed by atoms with Crippen LogP contribution in [0.15, 0.2) is 36.5 Å². The fourth-order valence-electron chi connectivity index (χ4n) is 3.83. The van der Waals surface area contributed by atoms with Gasteiger partial charge < -0.3 is 19.9 Å². The molecule has 0 bridgehead atoms. The lowest BCUT2D eigenvalue weighted by Gasteiger charge is -2.15. The zero-order chi connectivity index (χ0) is 24.1. The summed E-state index contributed by atoms with van der Waals surface area (Å²) in [6.07, 6.45) is 3.25. The number of esters is 1. The standard InChI is InChI=1S/C25H31FN4O3/c1-15(2)10-11-30-23(25(32)33-5)22(29-17(4)31)21-13-20(14-27-24(21)30)28-16(3)12-18-6-8-19(26)9-7-18/h6-9,13-16,28H,10-12H2,1-5H3,(H,29,31). The SMILES string of the molecule is COC(=O)c1c(NC(C)=O)c2cc(NC(C)Cc3ccc(F)cc3)cnc2n1CCC(C)C. The number of benzene rings is 1. The van der Waals surface area contributed by atoms with Crippen LogP contribution in [0.1, 0.15) is 50.2 Å². The van der Waals surface area contributed by atoms with E-state index in [1.54, 1.807) is 18.3 Å². The van der Waals surface area contributed by atoms with Crippen LogP contribution in [-0.2, 0) is 22.5 Å². The molecule has 0 radical (unpaired) electrons. The topological polar surface area (TPSA) is 85.2 Å². The van der Waals surface area contributed by atoms with Gasteiger partial charge in [0.2, 0.25) is 5.91 Å². The van der Waals surface area contributed by atoms with Gasteiger partial charge in [-0.2, -0.15) is 0 Å². The molecule has 0 saturated heterocycles. The quantitative estimate of drug-likeness (QED) is 0.444. The number of hydrogen-bond acceptors (Lipinski definition) is 5. The Bertz CT molecular complexity index is 1140. The van der Waals surface area contributed by atoms with Gasteiger partial charge in [-0.3, -0.25) is 4.79 Å². The molecule has 1 amide bonds. The van der Waals surface area contributed by atoms with Gasteiger partial charge in [-0.25, -0.2) is 14.2 Å². The van der Waals surface area contributed by atoms with Crippen LogP contribution in [0, 0.1) is 11.7 Å². The van der Waals surface area contributed by atoms with E-state index in [9.17, 15) is 14.0 Å². The molecule has 33 heavy (non-hydrogen) atoms. The summed E-state index contributed by atoms with van der Waals surface area (Å²) in [7, 11) is 1.32. The molecule has 3 aromatic rings. The van der Waals surface area contributed by atoms with Crippen molar-refractivity contribution >= 4 is 34.3 Å². The zero-order valence-corrected chi connectivity index (χ0v) is 19.7. The Balaban J connectivity index is 1.99. The number of nitrogens with one attached hydrogen (secondary N) is 2. The number of aryl methyl sites for hydroxylation is 1. The molecule has 0 fully saturated rings. The lowest BCUT2D eigenvalue weighted by Crippen LogP contribution is -2.18. The number of hydrogen-bond donors (Lipinski definition) is 2. The predicted molar refractivity (Wildman–Crippen MR) is 128 cm³/mol. The van der Waals surface area contributed by atoms with E-state index in [1.165, 1.54) is 26.2 Å². The number of rotatable bonds is 9. The summed E-state index contributed by atoms with van der Waals surface area (Å²) in [4.78, 5) is 29.3. The third-order valence-corrected chi connectivity index (χ3v) is 5.38. The maximum absolute atomic E-state index is 13.2. The van der Waals surface area contributed by atoms with Crippen LogP contribution in [0.2, 0.25) is 0 Å². The molecule has 8 heteroatoms. The number of carbonyl (C=O) groups excluding carboxylic acids is 2. The summed E-state index contributed by atoms with van der Waals surface area (Å²) < 4.78 is 20.0. The van der Waals surface area contributed by atoms with Gasteiger partial charge in [0, 0.05) is 24.9 Å². The fourth-order valence-corrected chi connectivity index (χ4v) is 3.83. The number of pyridine rings is 1. The van der Waals surface area contributed by atoms with Crippen molar-refractivity contribution in [3.8, 4) is 0 Å². The number of amides is 1. The summed E-state index contributed by atoms with van der Waals surface area (Å²) in [5, 5.41) is 6.87. The highest BCUT2D eigenvalue weighted by molar-refractivity contribution is 6.10. The van der Waals surface area contributed by atoms with Gasteiger partial charge >= 0.3 is 5.97 Å². The molecule has 176 valence electrons. The van der Waals surface area contributed by atoms with E-state index in [0.717, 1.165) is 17.7 Å². The third-order valence-electron chi connectivity index (χ3n) is 5.38. The van der Waals surface area contributed by atoms with Gasteiger partial charge in [0.05, 0.1) is 24.7 Å². The van der Waals surface area contributed by atoms with Crippen molar-refractivity contribution in [1.82, 2.24) is 9.55 Å². The van der Waals surface area contributed by atoms with E-state index >= 15 is 0 Å². The van der Waals surface area contributed by atoms with Crippen LogP contribution in [0.25, 0.3) is 11.0 Å². The molecule has 2 heterocycles. The molecular weight excluding hydrogens is 423 g/mol. The Morgan fingerprint density at radius 1 is 1.18 bits per heavy atom. The Hall–Kier alpha value is -3.42. The Morgan fingerprint density at radius 3 is 2.48 bits per heavy atom. The predicted octanol–water partition coefficient (Wildman–Crippen LogP) is 5.01. The Labute approximate surface area is 193 Å². The van der Waals surface area contributed by atoms with Crippen molar-refractivity contribution < 1.29 is 18.7 Å². The van der Waals surface area contributed by atoms with E-state index in [-0.39, 0.29) is 23.5 Å². The first-order chi connectivity index (χ1) is 15.7. The van der Waals surface area contributed by atoms with Crippen molar-refractivity contribution in [2.75, 3.05) is 17.7 Å². The minimum absolute atomic E-state index is 0.0435. The van der Waals surface area contributed by atoms with Crippen molar-refractivity contribution in [3.63, 3.8) is 0 Å². The second-order valence-electron chi connectivity index (χ2n) is 8.70. The molecule has 1 atom stereocenters. The highest BCUT2D eigenvalue weighted by atomic mass is 19.1. The van der Waals surface area contributed by atoms with Crippen molar-refractivity contribution in [2.24, 2.45) is 5.92 Å². The number of aromatic nitrogens is 2. The average molecular weight is 455 g/mol. The van der Waals surface area contributed by atoms with Gasteiger partial charge in [-0.1, -0.05) is 26.0 Å². The van der Waals surface area contributed by atoms with E-state index in [1.807, 2.05) is 17.6 Å². The molecule has 0 saturated carbocycles. The third kappa shape index (κ3) is 5.88. The van der Waals surface area contributed by atoms with E-state index in [2.05, 4.69) is 29.5 Å². The maximum atomic E-state index is 13.2. The van der Waals surface area contributed by atoms with Crippen molar-refractivity contribution in [3.05, 3.63) is 53.6 Å². The number of nitrogens with zero attached hydrogens (tertiary/aromatic N) is 2. The highest BCUT2D eigenvalue weighted by Crippen LogP contribution is 2.33. The minimum Gasteiger partial charge on any atom is -0.464 e. The van der Waals surface area contributed by atoms with Crippen LogP contribution in [0.5, 0.6) is 0 Å². The molecule has 0 spiro atoms. The zero-order valence-electron chi connectivity index (χ0n) is 19.7. The molecule has 0 aliphatic heterocycles. The first kappa shape index (κ1) is 24.2. The van der Waals surface area contributed by atoms with E-state index < -0.39 is 5.97 Å². The van der Waals surface area contributed by atoms with Gasteiger partial charge in [0.1, 0.15) is 11.5 Å². The number of anilines is 2. The summed E-state index contributed by atoms with van der Waals surface area (Å²) in [6, 6.07) is 8.35. The van der Waals surface area contributed by atoms with Gasteiger partial charge in [-0.15, -0.1) is 0 Å². The Kier molecular flexibility index (Phi) is 7.68. The van der Waals surface area contributed by atoms with Gasteiger partial charge in [0.25, 0.3) is 0 Å². The number of halogens is 1.